The Morgan fingerprint density at radius 3 is 1.97 bits per heavy atom. The zero-order valence-electron chi connectivity index (χ0n) is 19.5. The molecule has 35 heavy (non-hydrogen) atoms. The minimum atomic E-state index is -3.60. The summed E-state index contributed by atoms with van der Waals surface area (Å²) in [5, 5.41) is 0.161. The van der Waals surface area contributed by atoms with Gasteiger partial charge < -0.3 is 9.64 Å². The Morgan fingerprint density at radius 2 is 1.43 bits per heavy atom. The molecule has 0 N–H and O–H groups in total. The second-order valence-corrected chi connectivity index (χ2v) is 10.9. The number of rotatable bonds is 9. The van der Waals surface area contributed by atoms with Crippen molar-refractivity contribution in [3.63, 3.8) is 0 Å². The number of benzene rings is 3. The van der Waals surface area contributed by atoms with Gasteiger partial charge in [-0.15, -0.1) is 0 Å². The van der Waals surface area contributed by atoms with E-state index in [4.69, 9.17) is 16.3 Å². The minimum Gasteiger partial charge on any atom is -0.482 e. The van der Waals surface area contributed by atoms with Gasteiger partial charge in [-0.05, 0) is 42.2 Å². The van der Waals surface area contributed by atoms with E-state index in [1.165, 1.54) is 22.5 Å². The van der Waals surface area contributed by atoms with Gasteiger partial charge in [-0.1, -0.05) is 78.7 Å². The first-order chi connectivity index (χ1) is 16.9. The topological polar surface area (TPSA) is 66.9 Å². The van der Waals surface area contributed by atoms with Crippen molar-refractivity contribution in [3.05, 3.63) is 95.0 Å². The van der Waals surface area contributed by atoms with Crippen LogP contribution in [0.3, 0.4) is 0 Å². The first kappa shape index (κ1) is 25.2. The molecule has 1 amide bonds. The third kappa shape index (κ3) is 6.63. The van der Waals surface area contributed by atoms with E-state index in [2.05, 4.69) is 0 Å². The second-order valence-electron chi connectivity index (χ2n) is 8.57. The molecule has 1 fully saturated rings. The predicted octanol–water partition coefficient (Wildman–Crippen LogP) is 5.12. The summed E-state index contributed by atoms with van der Waals surface area (Å²) in [5.41, 5.74) is 2.03. The highest BCUT2D eigenvalue weighted by molar-refractivity contribution is 7.89. The van der Waals surface area contributed by atoms with E-state index < -0.39 is 10.0 Å². The fourth-order valence-electron chi connectivity index (χ4n) is 4.08. The number of nitrogens with zero attached hydrogens (tertiary/aromatic N) is 2. The molecule has 1 aliphatic heterocycles. The van der Waals surface area contributed by atoms with E-state index in [-0.39, 0.29) is 28.2 Å². The van der Waals surface area contributed by atoms with Crippen LogP contribution in [-0.4, -0.2) is 43.2 Å². The van der Waals surface area contributed by atoms with Crippen LogP contribution in [0.15, 0.2) is 83.8 Å². The Hall–Kier alpha value is -2.87. The highest BCUT2D eigenvalue weighted by atomic mass is 35.5. The maximum absolute atomic E-state index is 13.1. The Labute approximate surface area is 212 Å². The monoisotopic (exact) mass is 512 g/mol. The Morgan fingerprint density at radius 1 is 0.857 bits per heavy atom. The summed E-state index contributed by atoms with van der Waals surface area (Å²) in [7, 11) is -3.60. The molecular formula is C27H29ClN2O4S. The van der Waals surface area contributed by atoms with Gasteiger partial charge in [-0.2, -0.15) is 4.31 Å². The fraction of sp³-hybridized carbons (Fsp3) is 0.296. The molecule has 0 spiro atoms. The van der Waals surface area contributed by atoms with Crippen LogP contribution in [0, 0.1) is 0 Å². The van der Waals surface area contributed by atoms with Crippen molar-refractivity contribution in [3.8, 4) is 5.75 Å². The lowest BCUT2D eigenvalue weighted by atomic mass is 10.1. The zero-order valence-corrected chi connectivity index (χ0v) is 21.0. The van der Waals surface area contributed by atoms with Gasteiger partial charge >= 0.3 is 0 Å². The lowest BCUT2D eigenvalue weighted by Gasteiger charge is -2.26. The molecule has 0 bridgehead atoms. The SMILES string of the molecule is O=C(COc1ccc(S(=O)(=O)N2CCCCC2)cc1Cl)N(Cc1ccccc1)Cc1ccccc1. The molecule has 1 saturated heterocycles. The maximum atomic E-state index is 13.1. The Balaban J connectivity index is 1.44. The molecule has 184 valence electrons. The van der Waals surface area contributed by atoms with Crippen molar-refractivity contribution in [1.82, 2.24) is 9.21 Å². The first-order valence-corrected chi connectivity index (χ1v) is 13.5. The van der Waals surface area contributed by atoms with Crippen LogP contribution >= 0.6 is 11.6 Å². The number of hydrogen-bond donors (Lipinski definition) is 0. The van der Waals surface area contributed by atoms with Crippen molar-refractivity contribution in [2.75, 3.05) is 19.7 Å². The van der Waals surface area contributed by atoms with Crippen LogP contribution in [0.2, 0.25) is 5.02 Å². The van der Waals surface area contributed by atoms with Gasteiger partial charge in [-0.25, -0.2) is 8.42 Å². The molecule has 4 rings (SSSR count). The van der Waals surface area contributed by atoms with E-state index >= 15 is 0 Å². The lowest BCUT2D eigenvalue weighted by Crippen LogP contribution is -2.35. The van der Waals surface area contributed by atoms with Crippen molar-refractivity contribution in [1.29, 1.82) is 0 Å². The average molecular weight is 513 g/mol. The molecule has 0 radical (unpaired) electrons. The highest BCUT2D eigenvalue weighted by Gasteiger charge is 2.26. The van der Waals surface area contributed by atoms with Gasteiger partial charge in [0.2, 0.25) is 10.0 Å². The molecule has 0 aliphatic carbocycles. The number of piperidine rings is 1. The summed E-state index contributed by atoms with van der Waals surface area (Å²) in [6, 6.07) is 24.0. The van der Waals surface area contributed by atoms with E-state index in [9.17, 15) is 13.2 Å². The van der Waals surface area contributed by atoms with Crippen LogP contribution in [0.1, 0.15) is 30.4 Å². The number of carbonyl (C=O) groups excluding carboxylic acids is 1. The van der Waals surface area contributed by atoms with Crippen LogP contribution in [-0.2, 0) is 27.9 Å². The van der Waals surface area contributed by atoms with Crippen molar-refractivity contribution in [2.24, 2.45) is 0 Å². The molecule has 8 heteroatoms. The quantitative estimate of drug-likeness (QED) is 0.399. The molecule has 0 aromatic heterocycles. The van der Waals surface area contributed by atoms with E-state index in [1.807, 2.05) is 60.7 Å². The number of hydrogen-bond acceptors (Lipinski definition) is 4. The second kappa shape index (κ2) is 11.7. The number of sulfonamides is 1. The summed E-state index contributed by atoms with van der Waals surface area (Å²) >= 11 is 6.36. The molecule has 1 aliphatic rings. The summed E-state index contributed by atoms with van der Waals surface area (Å²) in [6.07, 6.45) is 2.76. The van der Waals surface area contributed by atoms with Gasteiger partial charge in [0.1, 0.15) is 5.75 Å². The predicted molar refractivity (Wildman–Crippen MR) is 137 cm³/mol. The number of amides is 1. The van der Waals surface area contributed by atoms with Crippen LogP contribution in [0.4, 0.5) is 0 Å². The normalized spacial score (nSPS) is 14.4. The van der Waals surface area contributed by atoms with Gasteiger partial charge in [0.15, 0.2) is 6.61 Å². The van der Waals surface area contributed by atoms with Gasteiger partial charge in [0, 0.05) is 26.2 Å². The summed E-state index contributed by atoms with van der Waals surface area (Å²) in [6.45, 7) is 1.71. The number of halogens is 1. The standard InChI is InChI=1S/C27H29ClN2O4S/c28-25-18-24(35(32,33)30-16-8-3-9-17-30)14-15-26(25)34-21-27(31)29(19-22-10-4-1-5-11-22)20-23-12-6-2-7-13-23/h1-2,4-7,10-15,18H,3,8-9,16-17,19-21H2. The highest BCUT2D eigenvalue weighted by Crippen LogP contribution is 2.30. The Bertz CT molecular complexity index is 1190. The Kier molecular flexibility index (Phi) is 8.44. The van der Waals surface area contributed by atoms with Crippen LogP contribution in [0.25, 0.3) is 0 Å². The maximum Gasteiger partial charge on any atom is 0.261 e. The summed E-state index contributed by atoms with van der Waals surface area (Å²) in [5.74, 6) is 0.0794. The summed E-state index contributed by atoms with van der Waals surface area (Å²) in [4.78, 5) is 15.0. The third-order valence-electron chi connectivity index (χ3n) is 5.99. The van der Waals surface area contributed by atoms with E-state index in [0.29, 0.717) is 26.2 Å². The smallest absolute Gasteiger partial charge is 0.261 e. The molecule has 3 aromatic rings. The van der Waals surface area contributed by atoms with Crippen molar-refractivity contribution < 1.29 is 17.9 Å². The number of ether oxygens (including phenoxy) is 1. The fourth-order valence-corrected chi connectivity index (χ4v) is 5.93. The van der Waals surface area contributed by atoms with Gasteiger partial charge in [0.05, 0.1) is 9.92 Å². The molecule has 6 nitrogen and oxygen atoms in total. The zero-order chi connectivity index (χ0) is 24.7. The van der Waals surface area contributed by atoms with Crippen LogP contribution < -0.4 is 4.74 Å². The molecule has 3 aromatic carbocycles. The third-order valence-corrected chi connectivity index (χ3v) is 8.18. The van der Waals surface area contributed by atoms with E-state index in [1.54, 1.807) is 4.90 Å². The van der Waals surface area contributed by atoms with Crippen molar-refractivity contribution in [2.45, 2.75) is 37.2 Å². The molecular weight excluding hydrogens is 484 g/mol. The molecule has 1 heterocycles. The van der Waals surface area contributed by atoms with Gasteiger partial charge in [-0.3, -0.25) is 4.79 Å². The summed E-state index contributed by atoms with van der Waals surface area (Å²) < 4.78 is 33.1. The minimum absolute atomic E-state index is 0.137. The largest absolute Gasteiger partial charge is 0.482 e. The average Bonchev–Trinajstić information content (AvgIpc) is 2.89. The number of carbonyl (C=O) groups is 1. The molecule has 0 unspecified atom stereocenters. The van der Waals surface area contributed by atoms with E-state index in [0.717, 1.165) is 30.4 Å². The molecule has 0 atom stereocenters. The van der Waals surface area contributed by atoms with Gasteiger partial charge in [0.25, 0.3) is 5.91 Å². The molecule has 0 saturated carbocycles. The lowest BCUT2D eigenvalue weighted by molar-refractivity contribution is -0.134. The first-order valence-electron chi connectivity index (χ1n) is 11.7. The van der Waals surface area contributed by atoms with Crippen LogP contribution in [0.5, 0.6) is 5.75 Å². The van der Waals surface area contributed by atoms with Crippen molar-refractivity contribution >= 4 is 27.5 Å².